The van der Waals surface area contributed by atoms with E-state index in [0.717, 1.165) is 22.1 Å². The molecule has 0 bridgehead atoms. The van der Waals surface area contributed by atoms with E-state index in [0.29, 0.717) is 0 Å². The summed E-state index contributed by atoms with van der Waals surface area (Å²) in [6.45, 7) is 2.10. The number of carbonyl (C=O) groups is 1. The summed E-state index contributed by atoms with van der Waals surface area (Å²) in [5.74, 6) is -0.140. The number of hydrogen-bond acceptors (Lipinski definition) is 1. The van der Waals surface area contributed by atoms with E-state index in [1.165, 1.54) is 11.6 Å². The Morgan fingerprint density at radius 3 is 2.60 bits per heavy atom. The van der Waals surface area contributed by atoms with E-state index >= 15 is 0 Å². The average Bonchev–Trinajstić information content (AvgIpc) is 2.48. The first-order valence-electron chi connectivity index (χ1n) is 6.51. The van der Waals surface area contributed by atoms with Crippen molar-refractivity contribution < 1.29 is 4.79 Å². The van der Waals surface area contributed by atoms with E-state index in [1.807, 2.05) is 48.5 Å². The fraction of sp³-hybridized carbons (Fsp3) is 0.118. The highest BCUT2D eigenvalue weighted by Crippen LogP contribution is 2.23. The van der Waals surface area contributed by atoms with Gasteiger partial charge in [0.2, 0.25) is 5.91 Å². The first-order valence-corrected chi connectivity index (χ1v) is 7.31. The van der Waals surface area contributed by atoms with Crippen LogP contribution in [0.4, 0.5) is 5.69 Å². The molecule has 0 spiro atoms. The zero-order valence-corrected chi connectivity index (χ0v) is 12.9. The summed E-state index contributed by atoms with van der Waals surface area (Å²) < 4.78 is 0.901. The Labute approximate surface area is 127 Å². The number of nitrogens with one attached hydrogen (secondary N) is 1. The highest BCUT2D eigenvalue weighted by Gasteiger charge is 2.03. The van der Waals surface area contributed by atoms with E-state index in [2.05, 4.69) is 28.2 Å². The lowest BCUT2D eigenvalue weighted by molar-refractivity contribution is -0.111. The second-order valence-corrected chi connectivity index (χ2v) is 5.26. The lowest BCUT2D eigenvalue weighted by atomic mass is 10.1. The predicted octanol–water partition coefficient (Wildman–Crippen LogP) is 4.66. The molecule has 0 aliphatic carbocycles. The van der Waals surface area contributed by atoms with Crippen LogP contribution in [0.15, 0.2) is 59.1 Å². The Bertz CT molecular complexity index is 620. The average molecular weight is 330 g/mol. The molecule has 0 unspecified atom stereocenters. The molecular formula is C17H16BrNO. The SMILES string of the molecule is CCc1ccc(NC(=O)/C=C/c2ccccc2)c(Br)c1. The number of benzene rings is 2. The minimum absolute atomic E-state index is 0.140. The third-order valence-corrected chi connectivity index (χ3v) is 3.58. The third kappa shape index (κ3) is 4.07. The van der Waals surface area contributed by atoms with Crippen LogP contribution in [-0.2, 0) is 11.2 Å². The molecule has 0 saturated heterocycles. The summed E-state index contributed by atoms with van der Waals surface area (Å²) in [7, 11) is 0. The molecule has 0 fully saturated rings. The van der Waals surface area contributed by atoms with Crippen molar-refractivity contribution in [1.82, 2.24) is 0 Å². The third-order valence-electron chi connectivity index (χ3n) is 2.93. The van der Waals surface area contributed by atoms with Crippen LogP contribution in [-0.4, -0.2) is 5.91 Å². The van der Waals surface area contributed by atoms with Crippen molar-refractivity contribution in [3.63, 3.8) is 0 Å². The van der Waals surface area contributed by atoms with Gasteiger partial charge in [-0.1, -0.05) is 43.3 Å². The number of aryl methyl sites for hydroxylation is 1. The summed E-state index contributed by atoms with van der Waals surface area (Å²) in [4.78, 5) is 11.9. The molecule has 0 atom stereocenters. The molecule has 0 aliphatic heterocycles. The lowest BCUT2D eigenvalue weighted by Gasteiger charge is -2.06. The topological polar surface area (TPSA) is 29.1 Å². The van der Waals surface area contributed by atoms with Crippen LogP contribution in [0.5, 0.6) is 0 Å². The van der Waals surface area contributed by atoms with Crippen LogP contribution in [0.1, 0.15) is 18.1 Å². The maximum absolute atomic E-state index is 11.9. The minimum Gasteiger partial charge on any atom is -0.321 e. The van der Waals surface area contributed by atoms with Crippen LogP contribution in [0, 0.1) is 0 Å². The van der Waals surface area contributed by atoms with Crippen molar-refractivity contribution in [2.75, 3.05) is 5.32 Å². The van der Waals surface area contributed by atoms with Gasteiger partial charge in [-0.15, -0.1) is 0 Å². The van der Waals surface area contributed by atoms with Gasteiger partial charge in [-0.3, -0.25) is 4.79 Å². The fourth-order valence-corrected chi connectivity index (χ4v) is 2.32. The van der Waals surface area contributed by atoms with Gasteiger partial charge in [0.25, 0.3) is 0 Å². The van der Waals surface area contributed by atoms with Gasteiger partial charge in [-0.05, 0) is 51.7 Å². The molecule has 0 aliphatic rings. The quantitative estimate of drug-likeness (QED) is 0.812. The van der Waals surface area contributed by atoms with Gasteiger partial charge in [0.1, 0.15) is 0 Å². The van der Waals surface area contributed by atoms with Crippen LogP contribution in [0.2, 0.25) is 0 Å². The first-order chi connectivity index (χ1) is 9.69. The molecule has 3 heteroatoms. The molecule has 2 aromatic rings. The number of carbonyl (C=O) groups excluding carboxylic acids is 1. The van der Waals surface area contributed by atoms with Crippen molar-refractivity contribution in [1.29, 1.82) is 0 Å². The molecule has 102 valence electrons. The van der Waals surface area contributed by atoms with Gasteiger partial charge in [-0.25, -0.2) is 0 Å². The van der Waals surface area contributed by atoms with Gasteiger partial charge < -0.3 is 5.32 Å². The highest BCUT2D eigenvalue weighted by molar-refractivity contribution is 9.10. The van der Waals surface area contributed by atoms with Gasteiger partial charge in [0.05, 0.1) is 5.69 Å². The van der Waals surface area contributed by atoms with Crippen LogP contribution in [0.3, 0.4) is 0 Å². The molecule has 0 aromatic heterocycles. The van der Waals surface area contributed by atoms with Crippen LogP contribution < -0.4 is 5.32 Å². The number of rotatable bonds is 4. The summed E-state index contributed by atoms with van der Waals surface area (Å²) in [5.41, 5.74) is 3.02. The number of amides is 1. The van der Waals surface area contributed by atoms with Crippen LogP contribution in [0.25, 0.3) is 6.08 Å². The standard InChI is InChI=1S/C17H16BrNO/c1-2-13-8-10-16(15(18)12-13)19-17(20)11-9-14-6-4-3-5-7-14/h3-12H,2H2,1H3,(H,19,20)/b11-9+. The molecule has 2 rings (SSSR count). The number of hydrogen-bond donors (Lipinski definition) is 1. The van der Waals surface area contributed by atoms with Crippen LogP contribution >= 0.6 is 15.9 Å². The van der Waals surface area contributed by atoms with E-state index in [9.17, 15) is 4.79 Å². The second kappa shape index (κ2) is 7.06. The maximum Gasteiger partial charge on any atom is 0.248 e. The molecule has 2 nitrogen and oxygen atoms in total. The molecular weight excluding hydrogens is 314 g/mol. The largest absolute Gasteiger partial charge is 0.321 e. The van der Waals surface area contributed by atoms with Crippen molar-refractivity contribution >= 4 is 33.6 Å². The van der Waals surface area contributed by atoms with E-state index in [1.54, 1.807) is 6.08 Å². The summed E-state index contributed by atoms with van der Waals surface area (Å²) in [6.07, 6.45) is 4.31. The Balaban J connectivity index is 2.03. The lowest BCUT2D eigenvalue weighted by Crippen LogP contribution is -2.08. The molecule has 1 N–H and O–H groups in total. The van der Waals surface area contributed by atoms with Gasteiger partial charge in [-0.2, -0.15) is 0 Å². The molecule has 0 radical (unpaired) electrons. The molecule has 20 heavy (non-hydrogen) atoms. The Hall–Kier alpha value is -1.87. The maximum atomic E-state index is 11.9. The van der Waals surface area contributed by atoms with E-state index in [-0.39, 0.29) is 5.91 Å². The zero-order valence-electron chi connectivity index (χ0n) is 11.3. The first kappa shape index (κ1) is 14.5. The summed E-state index contributed by atoms with van der Waals surface area (Å²) in [5, 5.41) is 2.86. The minimum atomic E-state index is -0.140. The fourth-order valence-electron chi connectivity index (χ4n) is 1.79. The van der Waals surface area contributed by atoms with Crippen molar-refractivity contribution in [2.45, 2.75) is 13.3 Å². The van der Waals surface area contributed by atoms with E-state index in [4.69, 9.17) is 0 Å². The highest BCUT2D eigenvalue weighted by atomic mass is 79.9. The van der Waals surface area contributed by atoms with Gasteiger partial charge in [0.15, 0.2) is 0 Å². The predicted molar refractivity (Wildman–Crippen MR) is 87.6 cm³/mol. The Morgan fingerprint density at radius 2 is 1.95 bits per heavy atom. The number of anilines is 1. The van der Waals surface area contributed by atoms with Crippen molar-refractivity contribution in [3.05, 3.63) is 70.2 Å². The summed E-state index contributed by atoms with van der Waals surface area (Å²) >= 11 is 3.47. The smallest absolute Gasteiger partial charge is 0.248 e. The second-order valence-electron chi connectivity index (χ2n) is 4.40. The normalized spacial score (nSPS) is 10.7. The van der Waals surface area contributed by atoms with Crippen molar-refractivity contribution in [3.8, 4) is 0 Å². The molecule has 0 heterocycles. The monoisotopic (exact) mass is 329 g/mol. The van der Waals surface area contributed by atoms with Gasteiger partial charge in [0, 0.05) is 10.5 Å². The molecule has 0 saturated carbocycles. The summed E-state index contributed by atoms with van der Waals surface area (Å²) in [6, 6.07) is 15.7. The van der Waals surface area contributed by atoms with Gasteiger partial charge >= 0.3 is 0 Å². The molecule has 1 amide bonds. The molecule has 2 aromatic carbocycles. The Morgan fingerprint density at radius 1 is 1.20 bits per heavy atom. The van der Waals surface area contributed by atoms with E-state index < -0.39 is 0 Å². The zero-order chi connectivity index (χ0) is 14.4. The van der Waals surface area contributed by atoms with Crippen molar-refractivity contribution in [2.24, 2.45) is 0 Å². The number of halogens is 1. The Kier molecular flexibility index (Phi) is 5.13.